The van der Waals surface area contributed by atoms with Gasteiger partial charge in [-0.05, 0) is 13.3 Å². The molecule has 2 atom stereocenters. The Balaban J connectivity index is 1.83. The molecule has 1 fully saturated rings. The van der Waals surface area contributed by atoms with Crippen LogP contribution in [0.1, 0.15) is 13.3 Å². The van der Waals surface area contributed by atoms with Gasteiger partial charge < -0.3 is 10.6 Å². The van der Waals surface area contributed by atoms with Gasteiger partial charge in [0.2, 0.25) is 11.0 Å². The Labute approximate surface area is 137 Å². The van der Waals surface area contributed by atoms with Crippen LogP contribution < -0.4 is 10.6 Å². The maximum atomic E-state index is 12.1. The highest BCUT2D eigenvalue weighted by Gasteiger charge is 2.30. The molecule has 10 heteroatoms. The van der Waals surface area contributed by atoms with Gasteiger partial charge in [0.15, 0.2) is 14.2 Å². The number of carbonyl (C=O) groups excluding carboxylic acids is 1. The Morgan fingerprint density at radius 3 is 3.00 bits per heavy atom. The standard InChI is InChI=1S/C12H18N4O3S3/c1-3-5-13-11-15-16-12(21-11)20-8(2)10(17)14-9-4-6-22(18,19)7-9/h3,8-9H,1,4-7H2,2H3,(H,13,15)(H,14,17)/t8-,9+/m1/s1. The van der Waals surface area contributed by atoms with Crippen LogP contribution in [0.15, 0.2) is 17.0 Å². The van der Waals surface area contributed by atoms with E-state index < -0.39 is 9.84 Å². The van der Waals surface area contributed by atoms with E-state index in [1.807, 2.05) is 0 Å². The van der Waals surface area contributed by atoms with Crippen LogP contribution >= 0.6 is 23.1 Å². The summed E-state index contributed by atoms with van der Waals surface area (Å²) < 4.78 is 23.5. The van der Waals surface area contributed by atoms with Gasteiger partial charge in [-0.25, -0.2) is 8.42 Å². The molecule has 2 heterocycles. The summed E-state index contributed by atoms with van der Waals surface area (Å²) >= 11 is 2.67. The van der Waals surface area contributed by atoms with E-state index in [1.54, 1.807) is 13.0 Å². The second-order valence-corrected chi connectivity index (χ2v) is 9.71. The molecule has 1 amide bonds. The van der Waals surface area contributed by atoms with Crippen LogP contribution in [0, 0.1) is 0 Å². The Morgan fingerprint density at radius 2 is 2.36 bits per heavy atom. The number of aromatic nitrogens is 2. The van der Waals surface area contributed by atoms with Crippen molar-refractivity contribution in [2.45, 2.75) is 29.0 Å². The Hall–Kier alpha value is -1.13. The molecule has 7 nitrogen and oxygen atoms in total. The number of thioether (sulfide) groups is 1. The minimum Gasteiger partial charge on any atom is -0.357 e. The van der Waals surface area contributed by atoms with Crippen LogP contribution in [0.3, 0.4) is 0 Å². The lowest BCUT2D eigenvalue weighted by Crippen LogP contribution is -2.39. The largest absolute Gasteiger partial charge is 0.357 e. The highest BCUT2D eigenvalue weighted by atomic mass is 32.2. The fourth-order valence-corrected chi connectivity index (χ4v) is 5.51. The van der Waals surface area contributed by atoms with Crippen LogP contribution in [-0.4, -0.2) is 53.9 Å². The van der Waals surface area contributed by atoms with Crippen LogP contribution in [0.4, 0.5) is 5.13 Å². The van der Waals surface area contributed by atoms with Gasteiger partial charge in [-0.15, -0.1) is 16.8 Å². The first-order valence-corrected chi connectivity index (χ1v) is 10.3. The van der Waals surface area contributed by atoms with Gasteiger partial charge in [-0.3, -0.25) is 4.79 Å². The van der Waals surface area contributed by atoms with Gasteiger partial charge in [0.1, 0.15) is 0 Å². The Morgan fingerprint density at radius 1 is 1.59 bits per heavy atom. The summed E-state index contributed by atoms with van der Waals surface area (Å²) in [5.41, 5.74) is 0. The molecule has 2 N–H and O–H groups in total. The maximum Gasteiger partial charge on any atom is 0.233 e. The number of nitrogens with zero attached hydrogens (tertiary/aromatic N) is 2. The average Bonchev–Trinajstić information content (AvgIpc) is 3.03. The summed E-state index contributed by atoms with van der Waals surface area (Å²) in [5, 5.41) is 14.1. The number of carbonyl (C=O) groups is 1. The van der Waals surface area contributed by atoms with Gasteiger partial charge >= 0.3 is 0 Å². The van der Waals surface area contributed by atoms with Crippen molar-refractivity contribution < 1.29 is 13.2 Å². The third kappa shape index (κ3) is 4.96. The minimum absolute atomic E-state index is 0.0323. The summed E-state index contributed by atoms with van der Waals surface area (Å²) in [6.45, 7) is 5.97. The highest BCUT2D eigenvalue weighted by Crippen LogP contribution is 2.29. The average molecular weight is 363 g/mol. The first kappa shape index (κ1) is 17.2. The lowest BCUT2D eigenvalue weighted by atomic mass is 10.2. The summed E-state index contributed by atoms with van der Waals surface area (Å²) in [7, 11) is -2.99. The molecular weight excluding hydrogens is 344 g/mol. The van der Waals surface area contributed by atoms with Gasteiger partial charge in [0, 0.05) is 12.6 Å². The number of rotatable bonds is 7. The molecule has 1 saturated heterocycles. The number of amides is 1. The van der Waals surface area contributed by atoms with E-state index in [9.17, 15) is 13.2 Å². The Kier molecular flexibility index (Phi) is 5.81. The third-order valence-electron chi connectivity index (χ3n) is 3.03. The second-order valence-electron chi connectivity index (χ2n) is 4.91. The van der Waals surface area contributed by atoms with E-state index in [4.69, 9.17) is 0 Å². The lowest BCUT2D eigenvalue weighted by molar-refractivity contribution is -0.120. The number of hydrogen-bond donors (Lipinski definition) is 2. The van der Waals surface area contributed by atoms with Crippen LogP contribution in [0.5, 0.6) is 0 Å². The van der Waals surface area contributed by atoms with Gasteiger partial charge in [0.05, 0.1) is 16.8 Å². The molecule has 0 aliphatic carbocycles. The number of nitrogens with one attached hydrogen (secondary N) is 2. The summed E-state index contributed by atoms with van der Waals surface area (Å²) in [6, 6.07) is -0.278. The quantitative estimate of drug-likeness (QED) is 0.549. The predicted octanol–water partition coefficient (Wildman–Crippen LogP) is 0.920. The van der Waals surface area contributed by atoms with Crippen molar-refractivity contribution in [2.75, 3.05) is 23.4 Å². The smallest absolute Gasteiger partial charge is 0.233 e. The molecule has 1 aromatic rings. The van der Waals surface area contributed by atoms with Crippen molar-refractivity contribution in [1.29, 1.82) is 0 Å². The zero-order valence-corrected chi connectivity index (χ0v) is 14.6. The maximum absolute atomic E-state index is 12.1. The monoisotopic (exact) mass is 362 g/mol. The Bertz CT molecular complexity index is 644. The molecule has 122 valence electrons. The van der Waals surface area contributed by atoms with Gasteiger partial charge in [0.25, 0.3) is 0 Å². The van der Waals surface area contributed by atoms with E-state index in [-0.39, 0.29) is 28.7 Å². The van der Waals surface area contributed by atoms with E-state index in [0.29, 0.717) is 22.4 Å². The molecule has 1 aromatic heterocycles. The summed E-state index contributed by atoms with van der Waals surface area (Å²) in [6.07, 6.45) is 2.21. The van der Waals surface area contributed by atoms with Gasteiger partial charge in [-0.2, -0.15) is 0 Å². The van der Waals surface area contributed by atoms with Gasteiger partial charge in [-0.1, -0.05) is 29.2 Å². The van der Waals surface area contributed by atoms with Crippen LogP contribution in [0.25, 0.3) is 0 Å². The molecule has 1 aliphatic rings. The van der Waals surface area contributed by atoms with Crippen molar-refractivity contribution in [1.82, 2.24) is 15.5 Å². The van der Waals surface area contributed by atoms with Crippen LogP contribution in [-0.2, 0) is 14.6 Å². The SMILES string of the molecule is C=CCNc1nnc(S[C@H](C)C(=O)N[C@H]2CCS(=O)(=O)C2)s1. The fourth-order valence-electron chi connectivity index (χ4n) is 1.92. The van der Waals surface area contributed by atoms with Crippen molar-refractivity contribution in [2.24, 2.45) is 0 Å². The number of hydrogen-bond acceptors (Lipinski definition) is 8. The summed E-state index contributed by atoms with van der Waals surface area (Å²) in [5.74, 6) is 0.00145. The van der Waals surface area contributed by atoms with E-state index >= 15 is 0 Å². The zero-order chi connectivity index (χ0) is 16.2. The molecule has 2 rings (SSSR count). The summed E-state index contributed by atoms with van der Waals surface area (Å²) in [4.78, 5) is 12.1. The highest BCUT2D eigenvalue weighted by molar-refractivity contribution is 8.02. The molecule has 0 bridgehead atoms. The molecular formula is C12H18N4O3S3. The fraction of sp³-hybridized carbons (Fsp3) is 0.583. The first-order chi connectivity index (χ1) is 10.4. The lowest BCUT2D eigenvalue weighted by Gasteiger charge is -2.14. The molecule has 0 unspecified atom stereocenters. The van der Waals surface area contributed by atoms with Crippen molar-refractivity contribution in [3.8, 4) is 0 Å². The zero-order valence-electron chi connectivity index (χ0n) is 12.1. The first-order valence-electron chi connectivity index (χ1n) is 6.75. The van der Waals surface area contributed by atoms with E-state index in [2.05, 4.69) is 27.4 Å². The predicted molar refractivity (Wildman–Crippen MR) is 89.1 cm³/mol. The molecule has 22 heavy (non-hydrogen) atoms. The molecule has 0 radical (unpaired) electrons. The van der Waals surface area contributed by atoms with Crippen LogP contribution in [0.2, 0.25) is 0 Å². The number of sulfone groups is 1. The second kappa shape index (κ2) is 7.42. The molecule has 0 spiro atoms. The minimum atomic E-state index is -2.99. The topological polar surface area (TPSA) is 101 Å². The normalized spacial score (nSPS) is 21.2. The molecule has 0 saturated carbocycles. The molecule has 1 aliphatic heterocycles. The third-order valence-corrected chi connectivity index (χ3v) is 6.86. The van der Waals surface area contributed by atoms with E-state index in [0.717, 1.165) is 0 Å². The van der Waals surface area contributed by atoms with Crippen molar-refractivity contribution in [3.05, 3.63) is 12.7 Å². The number of anilines is 1. The van der Waals surface area contributed by atoms with Crippen molar-refractivity contribution in [3.63, 3.8) is 0 Å². The van der Waals surface area contributed by atoms with Crippen molar-refractivity contribution >= 4 is 44.0 Å². The molecule has 0 aromatic carbocycles. The van der Waals surface area contributed by atoms with E-state index in [1.165, 1.54) is 23.1 Å².